The van der Waals surface area contributed by atoms with E-state index in [1.807, 2.05) is 43.3 Å². The molecule has 48 heavy (non-hydrogen) atoms. The van der Waals surface area contributed by atoms with Crippen molar-refractivity contribution in [2.24, 2.45) is 5.41 Å². The molecule has 0 saturated heterocycles. The Labute approximate surface area is 297 Å². The zero-order chi connectivity index (χ0) is 33.8. The molecule has 1 heterocycles. The number of halogens is 2. The minimum atomic E-state index is -1.02. The fourth-order valence-electron chi connectivity index (χ4n) is 5.73. The zero-order valence-corrected chi connectivity index (χ0v) is 30.4. The number of hydrogen-bond donors (Lipinski definition) is 2. The third-order valence-corrected chi connectivity index (χ3v) is 8.13. The van der Waals surface area contributed by atoms with E-state index in [0.717, 1.165) is 44.3 Å². The number of benzene rings is 3. The zero-order valence-electron chi connectivity index (χ0n) is 28.9. The largest absolute Gasteiger partial charge is 0.492 e. The maximum absolute atomic E-state index is 14.1. The number of nitrogens with one attached hydrogen (secondary N) is 2. The minimum absolute atomic E-state index is 0. The number of aryl methyl sites for hydroxylation is 1. The van der Waals surface area contributed by atoms with Crippen LogP contribution in [0.25, 0.3) is 0 Å². The van der Waals surface area contributed by atoms with Gasteiger partial charge in [0.25, 0.3) is 5.91 Å². The summed E-state index contributed by atoms with van der Waals surface area (Å²) in [6.07, 6.45) is 1.87. The molecule has 0 radical (unpaired) electrons. The summed E-state index contributed by atoms with van der Waals surface area (Å²) < 4.78 is 18.8. The second kappa shape index (κ2) is 19.0. The van der Waals surface area contributed by atoms with Crippen molar-refractivity contribution >= 4 is 41.5 Å². The Morgan fingerprint density at radius 2 is 1.73 bits per heavy atom. The van der Waals surface area contributed by atoms with Gasteiger partial charge in [-0.05, 0) is 74.0 Å². The summed E-state index contributed by atoms with van der Waals surface area (Å²) in [5.74, 6) is 0.604. The van der Waals surface area contributed by atoms with Gasteiger partial charge in [-0.2, -0.15) is 0 Å². The predicted molar refractivity (Wildman–Crippen MR) is 196 cm³/mol. The van der Waals surface area contributed by atoms with Gasteiger partial charge in [0, 0.05) is 34.9 Å². The molecule has 4 rings (SSSR count). The number of para-hydroxylation sites is 1. The van der Waals surface area contributed by atoms with Gasteiger partial charge < -0.3 is 29.7 Å². The van der Waals surface area contributed by atoms with Crippen LogP contribution < -0.4 is 25.0 Å². The van der Waals surface area contributed by atoms with E-state index in [1.165, 1.54) is 5.56 Å². The van der Waals surface area contributed by atoms with Gasteiger partial charge in [0.15, 0.2) is 11.5 Å². The quantitative estimate of drug-likeness (QED) is 0.150. The first-order valence-electron chi connectivity index (χ1n) is 16.7. The molecule has 2 amide bonds. The van der Waals surface area contributed by atoms with Crippen molar-refractivity contribution in [1.29, 1.82) is 0 Å². The van der Waals surface area contributed by atoms with E-state index < -0.39 is 12.2 Å². The summed E-state index contributed by atoms with van der Waals surface area (Å²) in [5.41, 5.74) is 3.24. The molecule has 0 saturated carbocycles. The van der Waals surface area contributed by atoms with E-state index in [4.69, 9.17) is 25.8 Å². The van der Waals surface area contributed by atoms with Crippen LogP contribution in [0.1, 0.15) is 76.2 Å². The number of nitrogens with zero attached hydrogens (tertiary/aromatic N) is 1. The van der Waals surface area contributed by atoms with Crippen molar-refractivity contribution < 1.29 is 23.8 Å². The van der Waals surface area contributed by atoms with Crippen LogP contribution in [-0.4, -0.2) is 57.8 Å². The Balaban J connectivity index is 0.00000625. The molecule has 3 aromatic rings. The molecule has 0 fully saturated rings. The van der Waals surface area contributed by atoms with Gasteiger partial charge in [-0.15, -0.1) is 12.4 Å². The van der Waals surface area contributed by atoms with Crippen molar-refractivity contribution in [3.63, 3.8) is 0 Å². The Kier molecular flexibility index (Phi) is 15.5. The summed E-state index contributed by atoms with van der Waals surface area (Å²) in [5, 5.41) is 6.91. The fourth-order valence-corrected chi connectivity index (χ4v) is 5.91. The molecule has 262 valence electrons. The van der Waals surface area contributed by atoms with Crippen LogP contribution in [0.3, 0.4) is 0 Å². The van der Waals surface area contributed by atoms with E-state index in [9.17, 15) is 9.59 Å². The summed E-state index contributed by atoms with van der Waals surface area (Å²) >= 11 is 6.56. The average molecular weight is 701 g/mol. The average Bonchev–Trinajstić information content (AvgIpc) is 3.15. The molecule has 0 aromatic heterocycles. The molecule has 10 heteroatoms. The van der Waals surface area contributed by atoms with Crippen molar-refractivity contribution in [2.45, 2.75) is 72.0 Å². The third kappa shape index (κ3) is 11.1. The van der Waals surface area contributed by atoms with Gasteiger partial charge in [-0.25, -0.2) is 0 Å². The fraction of sp³-hybridized carbons (Fsp3) is 0.474. The smallest absolute Gasteiger partial charge is 0.256 e. The highest BCUT2D eigenvalue weighted by Crippen LogP contribution is 2.45. The number of hydrogen-bond acceptors (Lipinski definition) is 6. The van der Waals surface area contributed by atoms with Crippen molar-refractivity contribution in [2.75, 3.05) is 44.8 Å². The second-order valence-corrected chi connectivity index (χ2v) is 13.6. The summed E-state index contributed by atoms with van der Waals surface area (Å²) in [6.45, 7) is 11.5. The summed E-state index contributed by atoms with van der Waals surface area (Å²) in [6, 6.07) is 21.7. The van der Waals surface area contributed by atoms with Crippen LogP contribution in [0.15, 0.2) is 66.7 Å². The summed E-state index contributed by atoms with van der Waals surface area (Å²) in [4.78, 5) is 28.8. The van der Waals surface area contributed by atoms with E-state index in [0.29, 0.717) is 47.5 Å². The lowest BCUT2D eigenvalue weighted by atomic mass is 9.94. The molecule has 0 bridgehead atoms. The van der Waals surface area contributed by atoms with Gasteiger partial charge in [0.2, 0.25) is 5.91 Å². The monoisotopic (exact) mass is 699 g/mol. The molecular weight excluding hydrogens is 649 g/mol. The van der Waals surface area contributed by atoms with Crippen molar-refractivity contribution in [3.8, 4) is 11.5 Å². The molecule has 0 spiro atoms. The molecule has 2 unspecified atom stereocenters. The maximum Gasteiger partial charge on any atom is 0.256 e. The lowest BCUT2D eigenvalue weighted by molar-refractivity contribution is -0.138. The van der Waals surface area contributed by atoms with Crippen LogP contribution in [0.4, 0.5) is 5.69 Å². The highest BCUT2D eigenvalue weighted by Gasteiger charge is 2.40. The van der Waals surface area contributed by atoms with E-state index in [-0.39, 0.29) is 36.1 Å². The van der Waals surface area contributed by atoms with Gasteiger partial charge in [-0.3, -0.25) is 9.59 Å². The van der Waals surface area contributed by atoms with Crippen LogP contribution in [-0.2, 0) is 20.7 Å². The normalized spacial score (nSPS) is 16.0. The third-order valence-electron chi connectivity index (χ3n) is 7.89. The Hall–Kier alpha value is -3.30. The van der Waals surface area contributed by atoms with Gasteiger partial charge in [-0.1, -0.05) is 81.8 Å². The summed E-state index contributed by atoms with van der Waals surface area (Å²) in [7, 11) is 1.60. The Morgan fingerprint density at radius 1 is 0.979 bits per heavy atom. The molecular formula is C38H51Cl2N3O5. The Morgan fingerprint density at radius 3 is 2.44 bits per heavy atom. The second-order valence-electron chi connectivity index (χ2n) is 13.2. The van der Waals surface area contributed by atoms with Crippen LogP contribution in [0, 0.1) is 5.41 Å². The van der Waals surface area contributed by atoms with Crippen LogP contribution >= 0.6 is 24.0 Å². The Bertz CT molecular complexity index is 1460. The number of fused-ring (bicyclic) bond motifs is 1. The topological polar surface area (TPSA) is 89.1 Å². The lowest BCUT2D eigenvalue weighted by Crippen LogP contribution is -2.45. The number of carbonyl (C=O) groups is 2. The molecule has 3 aromatic carbocycles. The highest BCUT2D eigenvalue weighted by molar-refractivity contribution is 6.30. The van der Waals surface area contributed by atoms with Gasteiger partial charge in [0.1, 0.15) is 12.2 Å². The number of rotatable bonds is 16. The standard InChI is InChI=1S/C38H50ClN3O5.ClH/c1-6-20-41-34(43)25-33-37(44)42(26-38(2,3)4)31-19-18-28(39)24-30(31)35(47-33)29-16-10-17-32(36(29)45-5)46-23-12-22-40-21-11-15-27-13-8-7-9-14-27;/h7-10,13-14,16-19,24,33,35,40H,6,11-12,15,20-23,25-26H2,1-5H3,(H,41,43);1H. The molecule has 2 N–H and O–H groups in total. The molecule has 8 nitrogen and oxygen atoms in total. The van der Waals surface area contributed by atoms with Crippen molar-refractivity contribution in [1.82, 2.24) is 10.6 Å². The molecule has 1 aliphatic heterocycles. The highest BCUT2D eigenvalue weighted by atomic mass is 35.5. The molecule has 1 aliphatic rings. The first-order valence-corrected chi connectivity index (χ1v) is 17.1. The predicted octanol–water partition coefficient (Wildman–Crippen LogP) is 7.55. The van der Waals surface area contributed by atoms with Gasteiger partial charge >= 0.3 is 0 Å². The molecule has 2 atom stereocenters. The molecule has 0 aliphatic carbocycles. The first kappa shape index (κ1) is 39.1. The van der Waals surface area contributed by atoms with E-state index in [1.54, 1.807) is 18.1 Å². The van der Waals surface area contributed by atoms with Crippen molar-refractivity contribution in [3.05, 3.63) is 88.4 Å². The number of ether oxygens (including phenoxy) is 3. The number of carbonyl (C=O) groups excluding carboxylic acids is 2. The lowest BCUT2D eigenvalue weighted by Gasteiger charge is -2.31. The first-order chi connectivity index (χ1) is 22.6. The van der Waals surface area contributed by atoms with Crippen LogP contribution in [0.5, 0.6) is 11.5 Å². The minimum Gasteiger partial charge on any atom is -0.492 e. The van der Waals surface area contributed by atoms with E-state index >= 15 is 0 Å². The van der Waals surface area contributed by atoms with Gasteiger partial charge in [0.05, 0.1) is 20.1 Å². The number of methoxy groups -OCH3 is 1. The van der Waals surface area contributed by atoms with E-state index in [2.05, 4.69) is 55.7 Å². The number of anilines is 1. The number of amides is 2. The maximum atomic E-state index is 14.1. The SMILES string of the molecule is CCCNC(=O)CC1OC(c2cccc(OCCCNCCCc3ccccc3)c2OC)c2cc(Cl)ccc2N(CC(C)(C)C)C1=O.Cl. The van der Waals surface area contributed by atoms with Crippen LogP contribution in [0.2, 0.25) is 5.02 Å².